The highest BCUT2D eigenvalue weighted by molar-refractivity contribution is 7.18. The zero-order chi connectivity index (χ0) is 15.1. The molecule has 1 saturated heterocycles. The summed E-state index contributed by atoms with van der Waals surface area (Å²) < 4.78 is 1.46. The molecule has 1 aliphatic carbocycles. The van der Waals surface area contributed by atoms with Gasteiger partial charge in [-0.25, -0.2) is 4.98 Å². The second-order valence-electron chi connectivity index (χ2n) is 6.25. The first kappa shape index (κ1) is 14.1. The molecule has 0 atom stereocenters. The summed E-state index contributed by atoms with van der Waals surface area (Å²) >= 11 is 1.69. The van der Waals surface area contributed by atoms with Crippen LogP contribution < -0.4 is 5.56 Å². The predicted molar refractivity (Wildman–Crippen MR) is 90.1 cm³/mol. The number of hydrogen-bond donors (Lipinski definition) is 0. The third-order valence-electron chi connectivity index (χ3n) is 4.67. The maximum absolute atomic E-state index is 12.8. The molecule has 0 N–H and O–H groups in total. The maximum Gasteiger partial charge on any atom is 0.282 e. The Balaban J connectivity index is 1.78. The van der Waals surface area contributed by atoms with Crippen LogP contribution in [0.1, 0.15) is 36.1 Å². The number of fused-ring (bicyclic) bond motifs is 3. The molecule has 6 heteroatoms. The highest BCUT2D eigenvalue weighted by Gasteiger charge is 2.20. The lowest BCUT2D eigenvalue weighted by Crippen LogP contribution is -2.31. The van der Waals surface area contributed by atoms with Gasteiger partial charge in [0.25, 0.3) is 5.56 Å². The number of piperidine rings is 1. The minimum absolute atomic E-state index is 0.0100. The third kappa shape index (κ3) is 2.40. The summed E-state index contributed by atoms with van der Waals surface area (Å²) in [5.74, 6) is 0. The van der Waals surface area contributed by atoms with E-state index in [1.54, 1.807) is 17.7 Å². The second-order valence-corrected chi connectivity index (χ2v) is 7.34. The average molecular weight is 316 g/mol. The Morgan fingerprint density at radius 3 is 2.77 bits per heavy atom. The molecule has 1 fully saturated rings. The number of hydrogen-bond acceptors (Lipinski definition) is 5. The summed E-state index contributed by atoms with van der Waals surface area (Å²) in [5.41, 5.74) is 2.35. The Labute approximate surface area is 133 Å². The van der Waals surface area contributed by atoms with Crippen LogP contribution >= 0.6 is 11.3 Å². The summed E-state index contributed by atoms with van der Waals surface area (Å²) in [6.45, 7) is 2.02. The number of thiophene rings is 1. The van der Waals surface area contributed by atoms with Crippen molar-refractivity contribution in [2.45, 2.75) is 38.5 Å². The number of aryl methyl sites for hydroxylation is 2. The molecule has 5 nitrogen and oxygen atoms in total. The highest BCUT2D eigenvalue weighted by Crippen LogP contribution is 2.33. The van der Waals surface area contributed by atoms with Crippen molar-refractivity contribution in [3.63, 3.8) is 0 Å². The summed E-state index contributed by atoms with van der Waals surface area (Å²) in [7, 11) is 2.12. The molecule has 116 valence electrons. The molecule has 0 aromatic carbocycles. The molecule has 0 bridgehead atoms. The van der Waals surface area contributed by atoms with Crippen molar-refractivity contribution in [1.29, 1.82) is 0 Å². The Hall–Kier alpha value is -1.53. The second kappa shape index (κ2) is 5.59. The van der Waals surface area contributed by atoms with Gasteiger partial charge in [-0.1, -0.05) is 0 Å². The molecule has 0 amide bonds. The first-order valence-electron chi connectivity index (χ1n) is 7.99. The van der Waals surface area contributed by atoms with Crippen LogP contribution in [0, 0.1) is 0 Å². The minimum Gasteiger partial charge on any atom is -0.306 e. The Morgan fingerprint density at radius 1 is 1.18 bits per heavy atom. The van der Waals surface area contributed by atoms with Gasteiger partial charge in [-0.2, -0.15) is 9.78 Å². The summed E-state index contributed by atoms with van der Waals surface area (Å²) in [4.78, 5) is 21.8. The summed E-state index contributed by atoms with van der Waals surface area (Å²) in [6, 6.07) is 0. The number of likely N-dealkylation sites (tertiary alicyclic amines) is 1. The topological polar surface area (TPSA) is 50.5 Å². The van der Waals surface area contributed by atoms with Crippen molar-refractivity contribution in [3.05, 3.63) is 27.1 Å². The molecule has 2 aromatic heterocycles. The normalized spacial score (nSPS) is 19.4. The fourth-order valence-electron chi connectivity index (χ4n) is 3.34. The molecule has 0 radical (unpaired) electrons. The van der Waals surface area contributed by atoms with Crippen LogP contribution in [0.25, 0.3) is 10.2 Å². The van der Waals surface area contributed by atoms with Crippen molar-refractivity contribution in [1.82, 2.24) is 14.6 Å². The van der Waals surface area contributed by atoms with Crippen LogP contribution in [0.15, 0.2) is 16.2 Å². The lowest BCUT2D eigenvalue weighted by Gasteiger charge is -2.22. The third-order valence-corrected chi connectivity index (χ3v) is 5.87. The summed E-state index contributed by atoms with van der Waals surface area (Å²) in [6.07, 6.45) is 7.97. The predicted octanol–water partition coefficient (Wildman–Crippen LogP) is 2.27. The van der Waals surface area contributed by atoms with Gasteiger partial charge < -0.3 is 4.90 Å². The zero-order valence-electron chi connectivity index (χ0n) is 12.8. The standard InChI is InChI=1S/C16H20N4OS/c1-19-8-6-11(7-9-19)18-20-10-17-15-14(16(20)21)12-4-2-3-5-13(12)22-15/h10H,2-9H2,1H3. The SMILES string of the molecule is CN1CCC(=Nn2cnc3sc4c(c3c2=O)CCCC4)CC1. The molecule has 3 heterocycles. The Morgan fingerprint density at radius 2 is 1.95 bits per heavy atom. The van der Waals surface area contributed by atoms with E-state index < -0.39 is 0 Å². The van der Waals surface area contributed by atoms with Gasteiger partial charge in [0, 0.05) is 36.5 Å². The average Bonchev–Trinajstić information content (AvgIpc) is 2.91. The largest absolute Gasteiger partial charge is 0.306 e. The quantitative estimate of drug-likeness (QED) is 0.811. The number of nitrogens with zero attached hydrogens (tertiary/aromatic N) is 4. The molecule has 2 aromatic rings. The van der Waals surface area contributed by atoms with Crippen molar-refractivity contribution in [3.8, 4) is 0 Å². The number of aromatic nitrogens is 2. The van der Waals surface area contributed by atoms with E-state index in [9.17, 15) is 4.79 Å². The van der Waals surface area contributed by atoms with Crippen LogP contribution in [0.4, 0.5) is 0 Å². The van der Waals surface area contributed by atoms with Crippen LogP contribution in [-0.4, -0.2) is 40.4 Å². The van der Waals surface area contributed by atoms with Crippen molar-refractivity contribution >= 4 is 27.3 Å². The van der Waals surface area contributed by atoms with Gasteiger partial charge >= 0.3 is 0 Å². The van der Waals surface area contributed by atoms with E-state index in [1.807, 2.05) is 0 Å². The molecular weight excluding hydrogens is 296 g/mol. The van der Waals surface area contributed by atoms with Crippen molar-refractivity contribution < 1.29 is 0 Å². The van der Waals surface area contributed by atoms with Gasteiger partial charge in [0.05, 0.1) is 5.39 Å². The van der Waals surface area contributed by atoms with Gasteiger partial charge in [0.1, 0.15) is 11.2 Å². The first-order valence-corrected chi connectivity index (χ1v) is 8.81. The summed E-state index contributed by atoms with van der Waals surface area (Å²) in [5, 5.41) is 5.39. The lowest BCUT2D eigenvalue weighted by atomic mass is 9.97. The Kier molecular flexibility index (Phi) is 3.58. The fraction of sp³-hybridized carbons (Fsp3) is 0.562. The van der Waals surface area contributed by atoms with Gasteiger partial charge in [-0.3, -0.25) is 4.79 Å². The molecule has 0 spiro atoms. The maximum atomic E-state index is 12.8. The van der Waals surface area contributed by atoms with E-state index in [4.69, 9.17) is 0 Å². The molecule has 0 saturated carbocycles. The van der Waals surface area contributed by atoms with E-state index in [0.29, 0.717) is 0 Å². The molecule has 22 heavy (non-hydrogen) atoms. The molecule has 4 rings (SSSR count). The molecular formula is C16H20N4OS. The van der Waals surface area contributed by atoms with E-state index >= 15 is 0 Å². The fourth-order valence-corrected chi connectivity index (χ4v) is 4.56. The van der Waals surface area contributed by atoms with Crippen LogP contribution in [0.5, 0.6) is 0 Å². The van der Waals surface area contributed by atoms with E-state index in [2.05, 4.69) is 22.0 Å². The van der Waals surface area contributed by atoms with Gasteiger partial charge in [0.2, 0.25) is 0 Å². The van der Waals surface area contributed by atoms with Crippen LogP contribution in [0.3, 0.4) is 0 Å². The highest BCUT2D eigenvalue weighted by atomic mass is 32.1. The van der Waals surface area contributed by atoms with E-state index in [0.717, 1.165) is 54.7 Å². The van der Waals surface area contributed by atoms with E-state index in [1.165, 1.54) is 28.0 Å². The van der Waals surface area contributed by atoms with Crippen LogP contribution in [-0.2, 0) is 12.8 Å². The minimum atomic E-state index is 0.0100. The monoisotopic (exact) mass is 316 g/mol. The van der Waals surface area contributed by atoms with Crippen molar-refractivity contribution in [2.75, 3.05) is 20.1 Å². The van der Waals surface area contributed by atoms with Crippen molar-refractivity contribution in [2.24, 2.45) is 5.10 Å². The first-order chi connectivity index (χ1) is 10.7. The van der Waals surface area contributed by atoms with Crippen LogP contribution in [0.2, 0.25) is 0 Å². The zero-order valence-corrected chi connectivity index (χ0v) is 13.7. The number of rotatable bonds is 1. The lowest BCUT2D eigenvalue weighted by molar-refractivity contribution is 0.335. The van der Waals surface area contributed by atoms with E-state index in [-0.39, 0.29) is 5.56 Å². The Bertz CT molecular complexity index is 794. The smallest absolute Gasteiger partial charge is 0.282 e. The van der Waals surface area contributed by atoms with Gasteiger partial charge in [-0.15, -0.1) is 11.3 Å². The molecule has 1 aliphatic heterocycles. The molecule has 2 aliphatic rings. The van der Waals surface area contributed by atoms with Gasteiger partial charge in [0.15, 0.2) is 0 Å². The molecule has 0 unspecified atom stereocenters. The van der Waals surface area contributed by atoms with Gasteiger partial charge in [-0.05, 0) is 38.3 Å².